The molecule has 2 aliphatic rings. The molecule has 32 heavy (non-hydrogen) atoms. The van der Waals surface area contributed by atoms with Crippen molar-refractivity contribution < 1.29 is 70.4 Å². The molecule has 16 nitrogen and oxygen atoms in total. The Bertz CT molecular complexity index is 915. The van der Waals surface area contributed by atoms with Gasteiger partial charge in [-0.1, -0.05) is 0 Å². The SMILES string of the molecule is CO[C@H]1OC(CO[C@H]2OC(COS(=O)(=O)O)CCC2OS(=O)(=O)O)CCC1OS(=O)(=O)O. The van der Waals surface area contributed by atoms with Crippen LogP contribution in [0, 0.1) is 0 Å². The number of ether oxygens (including phenoxy) is 4. The van der Waals surface area contributed by atoms with Gasteiger partial charge in [-0.15, -0.1) is 0 Å². The Hall–Kier alpha value is -0.550. The predicted molar refractivity (Wildman–Crippen MR) is 99.1 cm³/mol. The van der Waals surface area contributed by atoms with Crippen molar-refractivity contribution in [3.63, 3.8) is 0 Å². The number of rotatable bonds is 11. The first kappa shape index (κ1) is 27.7. The van der Waals surface area contributed by atoms with Gasteiger partial charge in [-0.3, -0.25) is 13.7 Å². The van der Waals surface area contributed by atoms with Crippen LogP contribution in [0.4, 0.5) is 0 Å². The highest BCUT2D eigenvalue weighted by atomic mass is 32.3. The van der Waals surface area contributed by atoms with E-state index in [-0.39, 0.29) is 32.3 Å². The topological polar surface area (TPSA) is 228 Å². The van der Waals surface area contributed by atoms with Gasteiger partial charge in [0.25, 0.3) is 0 Å². The van der Waals surface area contributed by atoms with Crippen LogP contribution in [0.2, 0.25) is 0 Å². The first-order valence-corrected chi connectivity index (χ1v) is 13.1. The maximum atomic E-state index is 11.1. The first-order chi connectivity index (χ1) is 14.6. The summed E-state index contributed by atoms with van der Waals surface area (Å²) in [5, 5.41) is 0. The van der Waals surface area contributed by atoms with Crippen molar-refractivity contribution in [3.8, 4) is 0 Å². The molecule has 2 fully saturated rings. The zero-order chi connectivity index (χ0) is 24.2. The Morgan fingerprint density at radius 1 is 0.719 bits per heavy atom. The van der Waals surface area contributed by atoms with Crippen molar-refractivity contribution in [2.45, 2.75) is 62.7 Å². The van der Waals surface area contributed by atoms with E-state index in [1.165, 1.54) is 7.11 Å². The van der Waals surface area contributed by atoms with Crippen molar-refractivity contribution in [2.24, 2.45) is 0 Å². The fourth-order valence-electron chi connectivity index (χ4n) is 3.13. The van der Waals surface area contributed by atoms with E-state index in [1.807, 2.05) is 0 Å². The molecule has 2 saturated heterocycles. The maximum Gasteiger partial charge on any atom is 0.397 e. The van der Waals surface area contributed by atoms with Gasteiger partial charge in [0.2, 0.25) is 0 Å². The third-order valence-electron chi connectivity index (χ3n) is 4.38. The van der Waals surface area contributed by atoms with Gasteiger partial charge >= 0.3 is 31.2 Å². The Morgan fingerprint density at radius 3 is 1.66 bits per heavy atom. The van der Waals surface area contributed by atoms with Crippen LogP contribution >= 0.6 is 0 Å². The Balaban J connectivity index is 1.97. The monoisotopic (exact) mass is 532 g/mol. The van der Waals surface area contributed by atoms with Crippen LogP contribution in [0.1, 0.15) is 25.7 Å². The van der Waals surface area contributed by atoms with E-state index >= 15 is 0 Å². The summed E-state index contributed by atoms with van der Waals surface area (Å²) in [4.78, 5) is 0. The second-order valence-electron chi connectivity index (χ2n) is 6.81. The minimum Gasteiger partial charge on any atom is -0.353 e. The second-order valence-corrected chi connectivity index (χ2v) is 10.0. The molecule has 0 amide bonds. The van der Waals surface area contributed by atoms with E-state index in [4.69, 9.17) is 32.6 Å². The van der Waals surface area contributed by atoms with E-state index in [9.17, 15) is 25.3 Å². The van der Waals surface area contributed by atoms with Gasteiger partial charge in [-0.25, -0.2) is 12.5 Å². The van der Waals surface area contributed by atoms with E-state index in [2.05, 4.69) is 12.5 Å². The molecule has 190 valence electrons. The first-order valence-electron chi connectivity index (χ1n) is 9.04. The molecule has 0 aromatic carbocycles. The summed E-state index contributed by atoms with van der Waals surface area (Å²) < 4.78 is 127. The van der Waals surface area contributed by atoms with Gasteiger partial charge in [0.05, 0.1) is 25.4 Å². The minimum absolute atomic E-state index is 0.0412. The summed E-state index contributed by atoms with van der Waals surface area (Å²) in [6.45, 7) is -0.821. The molecule has 6 atom stereocenters. The van der Waals surface area contributed by atoms with Crippen LogP contribution in [-0.4, -0.2) is 96.2 Å². The lowest BCUT2D eigenvalue weighted by atomic mass is 10.1. The molecule has 0 aromatic rings. The lowest BCUT2D eigenvalue weighted by Crippen LogP contribution is -2.47. The normalized spacial score (nSPS) is 32.6. The summed E-state index contributed by atoms with van der Waals surface area (Å²) in [5.41, 5.74) is 0. The van der Waals surface area contributed by atoms with Crippen LogP contribution in [0.15, 0.2) is 0 Å². The highest BCUT2D eigenvalue weighted by Crippen LogP contribution is 2.28. The van der Waals surface area contributed by atoms with Crippen molar-refractivity contribution in [1.82, 2.24) is 0 Å². The van der Waals surface area contributed by atoms with Gasteiger partial charge in [0, 0.05) is 7.11 Å². The van der Waals surface area contributed by atoms with Gasteiger partial charge in [-0.05, 0) is 25.7 Å². The molecule has 2 heterocycles. The summed E-state index contributed by atoms with van der Waals surface area (Å²) in [7, 11) is -13.1. The van der Waals surface area contributed by atoms with Gasteiger partial charge in [-0.2, -0.15) is 25.3 Å². The van der Waals surface area contributed by atoms with E-state index in [0.717, 1.165) is 0 Å². The summed E-state index contributed by atoms with van der Waals surface area (Å²) >= 11 is 0. The number of hydrogen-bond acceptors (Lipinski definition) is 13. The molecule has 3 N–H and O–H groups in total. The third-order valence-corrected chi connectivity index (χ3v) is 5.79. The van der Waals surface area contributed by atoms with Crippen molar-refractivity contribution in [3.05, 3.63) is 0 Å². The molecule has 4 unspecified atom stereocenters. The van der Waals surface area contributed by atoms with Crippen LogP contribution in [0.3, 0.4) is 0 Å². The molecule has 0 radical (unpaired) electrons. The maximum absolute atomic E-state index is 11.1. The lowest BCUT2D eigenvalue weighted by Gasteiger charge is -2.37. The second kappa shape index (κ2) is 11.3. The van der Waals surface area contributed by atoms with E-state index in [1.54, 1.807) is 0 Å². The fraction of sp³-hybridized carbons (Fsp3) is 1.00. The smallest absolute Gasteiger partial charge is 0.353 e. The van der Waals surface area contributed by atoms with Crippen LogP contribution in [0.5, 0.6) is 0 Å². The predicted octanol–water partition coefficient (Wildman–Crippen LogP) is -1.14. The molecule has 0 spiro atoms. The van der Waals surface area contributed by atoms with Gasteiger partial charge in [0.15, 0.2) is 12.6 Å². The standard InChI is InChI=1S/C13H24O16S3/c1-23-12-10(28-31(17,18)19)4-2-8(26-12)6-24-13-11(29-32(20,21)22)5-3-9(27-13)7-25-30(14,15)16/h8-13H,2-7H2,1H3,(H,14,15,16)(H,17,18,19)(H,20,21,22)/t8?,9?,10?,11?,12-,13-/m0/s1. The summed E-state index contributed by atoms with van der Waals surface area (Å²) in [6.07, 6.45) is -6.32. The van der Waals surface area contributed by atoms with Gasteiger partial charge in [0.1, 0.15) is 12.2 Å². The minimum atomic E-state index is -4.87. The average Bonchev–Trinajstić information content (AvgIpc) is 2.64. The zero-order valence-electron chi connectivity index (χ0n) is 16.6. The molecule has 0 saturated carbocycles. The number of hydrogen-bond donors (Lipinski definition) is 3. The van der Waals surface area contributed by atoms with E-state index < -0.39 is 74.8 Å². The summed E-state index contributed by atoms with van der Waals surface area (Å²) in [5.74, 6) is 0. The van der Waals surface area contributed by atoms with Crippen LogP contribution < -0.4 is 0 Å². The zero-order valence-corrected chi connectivity index (χ0v) is 19.0. The highest BCUT2D eigenvalue weighted by Gasteiger charge is 2.39. The molecular formula is C13H24O16S3. The Labute approximate surface area is 184 Å². The summed E-state index contributed by atoms with van der Waals surface area (Å²) in [6, 6.07) is 0. The van der Waals surface area contributed by atoms with Crippen molar-refractivity contribution in [2.75, 3.05) is 20.3 Å². The quantitative estimate of drug-likeness (QED) is 0.267. The van der Waals surface area contributed by atoms with Crippen molar-refractivity contribution >= 4 is 31.2 Å². The Morgan fingerprint density at radius 2 is 1.19 bits per heavy atom. The average molecular weight is 533 g/mol. The highest BCUT2D eigenvalue weighted by molar-refractivity contribution is 7.81. The van der Waals surface area contributed by atoms with Gasteiger partial charge < -0.3 is 18.9 Å². The molecule has 0 bridgehead atoms. The Kier molecular flexibility index (Phi) is 9.74. The van der Waals surface area contributed by atoms with Crippen LogP contribution in [-0.2, 0) is 62.7 Å². The third kappa shape index (κ3) is 10.2. The largest absolute Gasteiger partial charge is 0.397 e. The van der Waals surface area contributed by atoms with Crippen molar-refractivity contribution in [1.29, 1.82) is 0 Å². The molecule has 2 aliphatic heterocycles. The molecule has 19 heteroatoms. The molecular weight excluding hydrogens is 508 g/mol. The van der Waals surface area contributed by atoms with E-state index in [0.29, 0.717) is 0 Å². The molecule has 2 rings (SSSR count). The fourth-order valence-corrected chi connectivity index (χ4v) is 4.45. The molecule has 0 aromatic heterocycles. The molecule has 0 aliphatic carbocycles. The lowest BCUT2D eigenvalue weighted by molar-refractivity contribution is -0.271. The number of methoxy groups -OCH3 is 1. The van der Waals surface area contributed by atoms with Crippen LogP contribution in [0.25, 0.3) is 0 Å².